The van der Waals surface area contributed by atoms with Gasteiger partial charge in [-0.1, -0.05) is 6.07 Å². The van der Waals surface area contributed by atoms with Crippen LogP contribution in [0.1, 0.15) is 48.9 Å². The van der Waals surface area contributed by atoms with E-state index in [4.69, 9.17) is 14.3 Å². The molecular weight excluding hydrogens is 420 g/mol. The van der Waals surface area contributed by atoms with E-state index in [9.17, 15) is 4.79 Å². The van der Waals surface area contributed by atoms with Gasteiger partial charge < -0.3 is 14.5 Å². The Hall–Kier alpha value is -3.46. The number of nitrogens with one attached hydrogen (secondary N) is 2. The maximum atomic E-state index is 13.0. The molecule has 2 aliphatic rings. The summed E-state index contributed by atoms with van der Waals surface area (Å²) in [4.78, 5) is 17.5. The highest BCUT2D eigenvalue weighted by Crippen LogP contribution is 2.28. The monoisotopic (exact) mass is 448 g/mol. The second kappa shape index (κ2) is 9.58. The maximum absolute atomic E-state index is 13.0. The second-order valence-corrected chi connectivity index (χ2v) is 8.39. The highest BCUT2D eigenvalue weighted by molar-refractivity contribution is 6.06. The lowest BCUT2D eigenvalue weighted by Gasteiger charge is -2.33. The van der Waals surface area contributed by atoms with E-state index in [-0.39, 0.29) is 17.7 Å². The number of rotatable bonds is 7. The fourth-order valence-corrected chi connectivity index (χ4v) is 4.59. The van der Waals surface area contributed by atoms with Gasteiger partial charge in [-0.2, -0.15) is 10.2 Å². The molecule has 3 aromatic heterocycles. The van der Waals surface area contributed by atoms with Crippen molar-refractivity contribution in [2.45, 2.75) is 50.8 Å². The van der Waals surface area contributed by atoms with E-state index in [0.717, 1.165) is 49.3 Å². The minimum absolute atomic E-state index is 0.252. The van der Waals surface area contributed by atoms with Crippen LogP contribution in [0.15, 0.2) is 58.4 Å². The van der Waals surface area contributed by atoms with Gasteiger partial charge in [-0.05, 0) is 56.9 Å². The zero-order valence-electron chi connectivity index (χ0n) is 18.6. The summed E-state index contributed by atoms with van der Waals surface area (Å²) >= 11 is 0. The van der Waals surface area contributed by atoms with Gasteiger partial charge in [-0.15, -0.1) is 0 Å². The maximum Gasteiger partial charge on any atom is 0.287 e. The van der Waals surface area contributed by atoms with Crippen molar-refractivity contribution in [3.05, 3.63) is 60.4 Å². The molecule has 4 heterocycles. The summed E-state index contributed by atoms with van der Waals surface area (Å²) in [5.74, 6) is 0.564. The molecular formula is C24H28N6O3. The summed E-state index contributed by atoms with van der Waals surface area (Å²) in [5, 5.41) is 16.8. The van der Waals surface area contributed by atoms with E-state index in [1.165, 1.54) is 0 Å². The van der Waals surface area contributed by atoms with Crippen molar-refractivity contribution in [3.63, 3.8) is 0 Å². The number of ether oxygens (including phenoxy) is 1. The SMILES string of the molecule is CCOC1CCC(N2CC(NC(=O)c3ccc(-c4cn[nH]c4)o3)C(c3ccccn3)=N2)CC1. The first-order valence-electron chi connectivity index (χ1n) is 11.5. The highest BCUT2D eigenvalue weighted by Gasteiger charge is 2.35. The molecule has 3 aromatic rings. The number of nitrogens with zero attached hydrogens (tertiary/aromatic N) is 4. The number of aromatic nitrogens is 3. The third-order valence-corrected chi connectivity index (χ3v) is 6.25. The number of hydrazone groups is 1. The Morgan fingerprint density at radius 2 is 2.12 bits per heavy atom. The molecule has 172 valence electrons. The lowest BCUT2D eigenvalue weighted by atomic mass is 9.92. The van der Waals surface area contributed by atoms with Crippen molar-refractivity contribution >= 4 is 11.6 Å². The summed E-state index contributed by atoms with van der Waals surface area (Å²) in [7, 11) is 0. The first-order chi connectivity index (χ1) is 16.2. The van der Waals surface area contributed by atoms with Crippen LogP contribution in [0.25, 0.3) is 11.3 Å². The van der Waals surface area contributed by atoms with E-state index in [1.807, 2.05) is 25.1 Å². The van der Waals surface area contributed by atoms with Crippen LogP contribution in [0.3, 0.4) is 0 Å². The number of furan rings is 1. The van der Waals surface area contributed by atoms with Gasteiger partial charge in [-0.3, -0.25) is 19.9 Å². The van der Waals surface area contributed by atoms with E-state index >= 15 is 0 Å². The molecule has 9 heteroatoms. The lowest BCUT2D eigenvalue weighted by molar-refractivity contribution is 0.0150. The lowest BCUT2D eigenvalue weighted by Crippen LogP contribution is -2.45. The fraction of sp³-hybridized carbons (Fsp3) is 0.417. The molecule has 0 saturated heterocycles. The third-order valence-electron chi connectivity index (χ3n) is 6.25. The van der Waals surface area contributed by atoms with Gasteiger partial charge in [-0.25, -0.2) is 0 Å². The van der Waals surface area contributed by atoms with Crippen LogP contribution in [-0.4, -0.2) is 63.1 Å². The van der Waals surface area contributed by atoms with Gasteiger partial charge in [0.15, 0.2) is 5.76 Å². The first-order valence-corrected chi connectivity index (χ1v) is 11.5. The normalized spacial score (nSPS) is 22.9. The molecule has 1 fully saturated rings. The summed E-state index contributed by atoms with van der Waals surface area (Å²) < 4.78 is 11.6. The quantitative estimate of drug-likeness (QED) is 0.574. The molecule has 1 amide bonds. The number of pyridine rings is 1. The van der Waals surface area contributed by atoms with Gasteiger partial charge in [0, 0.05) is 25.0 Å². The molecule has 2 N–H and O–H groups in total. The van der Waals surface area contributed by atoms with Gasteiger partial charge >= 0.3 is 0 Å². The van der Waals surface area contributed by atoms with Crippen molar-refractivity contribution in [1.29, 1.82) is 0 Å². The molecule has 1 unspecified atom stereocenters. The molecule has 0 radical (unpaired) electrons. The third kappa shape index (κ3) is 4.68. The number of hydrogen-bond acceptors (Lipinski definition) is 7. The molecule has 1 aliphatic carbocycles. The number of H-pyrrole nitrogens is 1. The Kier molecular flexibility index (Phi) is 6.21. The van der Waals surface area contributed by atoms with Gasteiger partial charge in [0.1, 0.15) is 11.5 Å². The molecule has 1 saturated carbocycles. The second-order valence-electron chi connectivity index (χ2n) is 8.39. The summed E-state index contributed by atoms with van der Waals surface area (Å²) in [6, 6.07) is 9.24. The zero-order valence-corrected chi connectivity index (χ0v) is 18.6. The Morgan fingerprint density at radius 1 is 1.24 bits per heavy atom. The average molecular weight is 449 g/mol. The number of carbonyl (C=O) groups excluding carboxylic acids is 1. The molecule has 1 aliphatic heterocycles. The van der Waals surface area contributed by atoms with Crippen LogP contribution < -0.4 is 5.32 Å². The Bertz CT molecular complexity index is 1090. The van der Waals surface area contributed by atoms with E-state index in [1.54, 1.807) is 30.7 Å². The van der Waals surface area contributed by atoms with Crippen molar-refractivity contribution in [1.82, 2.24) is 25.5 Å². The smallest absolute Gasteiger partial charge is 0.287 e. The molecule has 33 heavy (non-hydrogen) atoms. The number of amides is 1. The predicted octanol–water partition coefficient (Wildman–Crippen LogP) is 3.23. The molecule has 5 rings (SSSR count). The first kappa shape index (κ1) is 21.4. The van der Waals surface area contributed by atoms with E-state index in [0.29, 0.717) is 24.5 Å². The topological polar surface area (TPSA) is 109 Å². The fourth-order valence-electron chi connectivity index (χ4n) is 4.59. The van der Waals surface area contributed by atoms with Crippen molar-refractivity contribution in [2.75, 3.05) is 13.2 Å². The van der Waals surface area contributed by atoms with Gasteiger partial charge in [0.25, 0.3) is 5.91 Å². The van der Waals surface area contributed by atoms with Crippen LogP contribution >= 0.6 is 0 Å². The number of carbonyl (C=O) groups is 1. The van der Waals surface area contributed by atoms with Crippen molar-refractivity contribution in [3.8, 4) is 11.3 Å². The summed E-state index contributed by atoms with van der Waals surface area (Å²) in [6.07, 6.45) is 9.58. The van der Waals surface area contributed by atoms with Crippen molar-refractivity contribution in [2.24, 2.45) is 5.10 Å². The molecule has 0 aromatic carbocycles. The summed E-state index contributed by atoms with van der Waals surface area (Å²) in [5.41, 5.74) is 2.34. The number of hydrogen-bond donors (Lipinski definition) is 2. The Morgan fingerprint density at radius 3 is 2.85 bits per heavy atom. The molecule has 9 nitrogen and oxygen atoms in total. The van der Waals surface area contributed by atoms with Gasteiger partial charge in [0.05, 0.1) is 36.1 Å². The Balaban J connectivity index is 1.31. The van der Waals surface area contributed by atoms with Gasteiger partial charge in [0.2, 0.25) is 0 Å². The molecule has 0 bridgehead atoms. The Labute approximate surface area is 192 Å². The van der Waals surface area contributed by atoms with E-state index in [2.05, 4.69) is 25.5 Å². The highest BCUT2D eigenvalue weighted by atomic mass is 16.5. The minimum atomic E-state index is -0.278. The van der Waals surface area contributed by atoms with Crippen LogP contribution in [0.4, 0.5) is 0 Å². The minimum Gasteiger partial charge on any atom is -0.451 e. The predicted molar refractivity (Wildman–Crippen MR) is 123 cm³/mol. The largest absolute Gasteiger partial charge is 0.451 e. The standard InChI is InChI=1S/C24H28N6O3/c1-2-32-18-8-6-17(7-9-18)30-15-20(23(29-30)19-5-3-4-12-25-19)28-24(31)22-11-10-21(33-22)16-13-26-27-14-16/h3-5,10-14,17-18,20H,2,6-9,15H2,1H3,(H,26,27)(H,28,31). The molecule has 0 spiro atoms. The van der Waals surface area contributed by atoms with Crippen LogP contribution in [0.5, 0.6) is 0 Å². The average Bonchev–Trinajstić information content (AvgIpc) is 3.61. The van der Waals surface area contributed by atoms with E-state index < -0.39 is 0 Å². The van der Waals surface area contributed by atoms with Crippen LogP contribution in [0.2, 0.25) is 0 Å². The zero-order chi connectivity index (χ0) is 22.6. The molecule has 1 atom stereocenters. The van der Waals surface area contributed by atoms with Crippen LogP contribution in [0, 0.1) is 0 Å². The van der Waals surface area contributed by atoms with Crippen LogP contribution in [-0.2, 0) is 4.74 Å². The summed E-state index contributed by atoms with van der Waals surface area (Å²) in [6.45, 7) is 3.40. The van der Waals surface area contributed by atoms with Crippen molar-refractivity contribution < 1.29 is 13.9 Å². The number of aromatic amines is 1.